The molecule has 1 heterocycles. The van der Waals surface area contributed by atoms with Crippen LogP contribution in [0.25, 0.3) is 10.2 Å². The van der Waals surface area contributed by atoms with Crippen LogP contribution in [0.5, 0.6) is 5.75 Å². The Morgan fingerprint density at radius 2 is 1.87 bits per heavy atom. The summed E-state index contributed by atoms with van der Waals surface area (Å²) in [5, 5.41) is 0.457. The third-order valence-electron chi connectivity index (χ3n) is 4.84. The van der Waals surface area contributed by atoms with Crippen LogP contribution in [0.3, 0.4) is 0 Å². The van der Waals surface area contributed by atoms with E-state index in [4.69, 9.17) is 4.74 Å². The first-order valence-electron chi connectivity index (χ1n) is 10.00. The number of nitrogens with zero attached hydrogens (tertiary/aromatic N) is 3. The molecule has 2 aromatic carbocycles. The zero-order valence-electron chi connectivity index (χ0n) is 17.3. The molecule has 0 saturated carbocycles. The zero-order chi connectivity index (χ0) is 21.7. The molecule has 30 heavy (non-hydrogen) atoms. The number of rotatable bonds is 9. The van der Waals surface area contributed by atoms with Crippen molar-refractivity contribution in [1.82, 2.24) is 9.88 Å². The second-order valence-corrected chi connectivity index (χ2v) is 7.65. The molecule has 3 aromatic rings. The molecule has 0 aliphatic rings. The predicted molar refractivity (Wildman–Crippen MR) is 117 cm³/mol. The summed E-state index contributed by atoms with van der Waals surface area (Å²) in [6, 6.07) is 8.60. The zero-order valence-corrected chi connectivity index (χ0v) is 18.1. The summed E-state index contributed by atoms with van der Waals surface area (Å²) in [5.74, 6) is -1.51. The summed E-state index contributed by atoms with van der Waals surface area (Å²) in [7, 11) is 0. The molecule has 8 heteroatoms. The van der Waals surface area contributed by atoms with E-state index in [-0.39, 0.29) is 5.56 Å². The number of benzene rings is 2. The van der Waals surface area contributed by atoms with E-state index in [0.29, 0.717) is 36.1 Å². The Morgan fingerprint density at radius 3 is 2.53 bits per heavy atom. The number of thiazole rings is 1. The normalized spacial score (nSPS) is 11.3. The SMILES string of the molecule is CCOc1cccc2sc(N(CCN(CC)CC)C(=O)c3ccc(F)cc3F)nc12. The van der Waals surface area contributed by atoms with Gasteiger partial charge in [0.15, 0.2) is 5.13 Å². The molecule has 0 saturated heterocycles. The summed E-state index contributed by atoms with van der Waals surface area (Å²) in [6.45, 7) is 9.08. The molecule has 0 bridgehead atoms. The van der Waals surface area contributed by atoms with Crippen LogP contribution in [0.2, 0.25) is 0 Å². The van der Waals surface area contributed by atoms with Crippen LogP contribution in [-0.4, -0.2) is 48.6 Å². The molecule has 0 atom stereocenters. The van der Waals surface area contributed by atoms with Crippen molar-refractivity contribution >= 4 is 32.6 Å². The molecular formula is C22H25F2N3O2S. The fourth-order valence-electron chi connectivity index (χ4n) is 3.17. The summed E-state index contributed by atoms with van der Waals surface area (Å²) in [6.07, 6.45) is 0. The lowest BCUT2D eigenvalue weighted by Gasteiger charge is -2.24. The maximum absolute atomic E-state index is 14.3. The molecule has 0 aliphatic carbocycles. The fraction of sp³-hybridized carbons (Fsp3) is 0.364. The van der Waals surface area contributed by atoms with Gasteiger partial charge in [-0.1, -0.05) is 31.3 Å². The summed E-state index contributed by atoms with van der Waals surface area (Å²) in [5.41, 5.74) is 0.486. The molecule has 0 unspecified atom stereocenters. The van der Waals surface area contributed by atoms with E-state index >= 15 is 0 Å². The van der Waals surface area contributed by atoms with Gasteiger partial charge < -0.3 is 9.64 Å². The Kier molecular flexibility index (Phi) is 7.33. The minimum atomic E-state index is -0.885. The minimum absolute atomic E-state index is 0.180. The summed E-state index contributed by atoms with van der Waals surface area (Å²) >= 11 is 1.34. The number of halogens is 2. The van der Waals surface area contributed by atoms with Crippen molar-refractivity contribution < 1.29 is 18.3 Å². The average Bonchev–Trinajstić information content (AvgIpc) is 3.16. The molecule has 1 amide bonds. The first kappa shape index (κ1) is 22.1. The standard InChI is InChI=1S/C22H25F2N3O2S/c1-4-26(5-2)12-13-27(21(28)16-11-10-15(23)14-17(16)24)22-25-20-18(29-6-3)8-7-9-19(20)30-22/h7-11,14H,4-6,12-13H2,1-3H3. The molecular weight excluding hydrogens is 408 g/mol. The number of hydrogen-bond donors (Lipinski definition) is 0. The number of fused-ring (bicyclic) bond motifs is 1. The monoisotopic (exact) mass is 433 g/mol. The highest BCUT2D eigenvalue weighted by Crippen LogP contribution is 2.35. The fourth-order valence-corrected chi connectivity index (χ4v) is 4.18. The average molecular weight is 434 g/mol. The molecule has 0 aliphatic heterocycles. The quantitative estimate of drug-likeness (QED) is 0.478. The Bertz CT molecular complexity index is 1020. The molecule has 0 fully saturated rings. The van der Waals surface area contributed by atoms with Gasteiger partial charge in [0.2, 0.25) is 0 Å². The number of aromatic nitrogens is 1. The first-order valence-corrected chi connectivity index (χ1v) is 10.8. The number of para-hydroxylation sites is 1. The van der Waals surface area contributed by atoms with Crippen LogP contribution in [0.15, 0.2) is 36.4 Å². The highest BCUT2D eigenvalue weighted by Gasteiger charge is 2.25. The van der Waals surface area contributed by atoms with Crippen molar-refractivity contribution in [1.29, 1.82) is 0 Å². The number of carbonyl (C=O) groups excluding carboxylic acids is 1. The van der Waals surface area contributed by atoms with E-state index in [1.165, 1.54) is 22.3 Å². The van der Waals surface area contributed by atoms with Crippen molar-refractivity contribution in [3.05, 3.63) is 53.6 Å². The molecule has 1 aromatic heterocycles. The lowest BCUT2D eigenvalue weighted by Crippen LogP contribution is -2.39. The van der Waals surface area contributed by atoms with Gasteiger partial charge in [0.25, 0.3) is 5.91 Å². The third-order valence-corrected chi connectivity index (χ3v) is 5.89. The van der Waals surface area contributed by atoms with Gasteiger partial charge in [-0.15, -0.1) is 0 Å². The number of likely N-dealkylation sites (N-methyl/N-ethyl adjacent to an activating group) is 1. The Balaban J connectivity index is 2.01. The van der Waals surface area contributed by atoms with Gasteiger partial charge in [-0.05, 0) is 44.3 Å². The van der Waals surface area contributed by atoms with Gasteiger partial charge in [-0.25, -0.2) is 13.8 Å². The molecule has 160 valence electrons. The van der Waals surface area contributed by atoms with Crippen LogP contribution in [0, 0.1) is 11.6 Å². The second kappa shape index (κ2) is 9.95. The van der Waals surface area contributed by atoms with Gasteiger partial charge in [0.05, 0.1) is 16.9 Å². The van der Waals surface area contributed by atoms with Crippen molar-refractivity contribution in [2.45, 2.75) is 20.8 Å². The van der Waals surface area contributed by atoms with Crippen LogP contribution >= 0.6 is 11.3 Å². The van der Waals surface area contributed by atoms with Crippen molar-refractivity contribution in [3.63, 3.8) is 0 Å². The van der Waals surface area contributed by atoms with E-state index in [9.17, 15) is 13.6 Å². The highest BCUT2D eigenvalue weighted by atomic mass is 32.1. The van der Waals surface area contributed by atoms with Crippen LogP contribution in [-0.2, 0) is 0 Å². The van der Waals surface area contributed by atoms with Gasteiger partial charge >= 0.3 is 0 Å². The van der Waals surface area contributed by atoms with Crippen molar-refractivity contribution in [2.75, 3.05) is 37.7 Å². The summed E-state index contributed by atoms with van der Waals surface area (Å²) in [4.78, 5) is 21.5. The van der Waals surface area contributed by atoms with E-state index < -0.39 is 17.5 Å². The maximum Gasteiger partial charge on any atom is 0.263 e. The van der Waals surface area contributed by atoms with Crippen molar-refractivity contribution in [2.24, 2.45) is 0 Å². The van der Waals surface area contributed by atoms with E-state index in [0.717, 1.165) is 29.9 Å². The Morgan fingerprint density at radius 1 is 1.10 bits per heavy atom. The third kappa shape index (κ3) is 4.76. The van der Waals surface area contributed by atoms with E-state index in [2.05, 4.69) is 9.88 Å². The number of ether oxygens (including phenoxy) is 1. The largest absolute Gasteiger partial charge is 0.492 e. The molecule has 5 nitrogen and oxygen atoms in total. The smallest absolute Gasteiger partial charge is 0.263 e. The van der Waals surface area contributed by atoms with Crippen LogP contribution in [0.1, 0.15) is 31.1 Å². The van der Waals surface area contributed by atoms with Gasteiger partial charge in [0.1, 0.15) is 22.9 Å². The second-order valence-electron chi connectivity index (χ2n) is 6.64. The first-order chi connectivity index (χ1) is 14.5. The Hall–Kier alpha value is -2.58. The molecule has 0 N–H and O–H groups in total. The predicted octanol–water partition coefficient (Wildman–Crippen LogP) is 4.96. The number of hydrogen-bond acceptors (Lipinski definition) is 5. The molecule has 3 rings (SSSR count). The van der Waals surface area contributed by atoms with Crippen LogP contribution < -0.4 is 9.64 Å². The van der Waals surface area contributed by atoms with Crippen molar-refractivity contribution in [3.8, 4) is 5.75 Å². The van der Waals surface area contributed by atoms with E-state index in [1.54, 1.807) is 0 Å². The molecule has 0 radical (unpaired) electrons. The van der Waals surface area contributed by atoms with Crippen LogP contribution in [0.4, 0.5) is 13.9 Å². The highest BCUT2D eigenvalue weighted by molar-refractivity contribution is 7.22. The minimum Gasteiger partial charge on any atom is -0.492 e. The molecule has 0 spiro atoms. The number of anilines is 1. The van der Waals surface area contributed by atoms with Gasteiger partial charge in [-0.2, -0.15) is 0 Å². The topological polar surface area (TPSA) is 45.7 Å². The van der Waals surface area contributed by atoms with Gasteiger partial charge in [-0.3, -0.25) is 9.69 Å². The Labute approximate surface area is 178 Å². The maximum atomic E-state index is 14.3. The number of amides is 1. The van der Waals surface area contributed by atoms with E-state index in [1.807, 2.05) is 39.0 Å². The summed E-state index contributed by atoms with van der Waals surface area (Å²) < 4.78 is 34.2. The lowest BCUT2D eigenvalue weighted by atomic mass is 10.2. The number of carbonyl (C=O) groups is 1. The van der Waals surface area contributed by atoms with Gasteiger partial charge in [0, 0.05) is 19.2 Å². The lowest BCUT2D eigenvalue weighted by molar-refractivity contribution is 0.0980.